The van der Waals surface area contributed by atoms with E-state index >= 15 is 0 Å². The fraction of sp³-hybridized carbons (Fsp3) is 0.450. The van der Waals surface area contributed by atoms with E-state index in [9.17, 15) is 0 Å². The van der Waals surface area contributed by atoms with Crippen LogP contribution in [-0.2, 0) is 0 Å². The maximum atomic E-state index is 6.33. The molecule has 1 aliphatic heterocycles. The summed E-state index contributed by atoms with van der Waals surface area (Å²) in [5, 5.41) is 15.1. The van der Waals surface area contributed by atoms with Crippen molar-refractivity contribution < 1.29 is 0 Å². The Labute approximate surface area is 169 Å². The predicted octanol–water partition coefficient (Wildman–Crippen LogP) is 3.82. The number of aromatic amines is 1. The minimum absolute atomic E-state index is 0.223. The molecule has 1 fully saturated rings. The first-order chi connectivity index (χ1) is 13.7. The Morgan fingerprint density at radius 3 is 2.96 bits per heavy atom. The maximum absolute atomic E-state index is 6.33. The number of nitrogens with one attached hydrogen (secondary N) is 3. The number of thioether (sulfide) groups is 1. The van der Waals surface area contributed by atoms with Crippen molar-refractivity contribution in [1.29, 1.82) is 0 Å². The first-order valence-electron chi connectivity index (χ1n) is 9.83. The van der Waals surface area contributed by atoms with Gasteiger partial charge in [-0.2, -0.15) is 21.8 Å². The summed E-state index contributed by atoms with van der Waals surface area (Å²) in [6.07, 6.45) is 4.48. The zero-order chi connectivity index (χ0) is 19.3. The van der Waals surface area contributed by atoms with E-state index in [1.807, 2.05) is 49.0 Å². The Balaban J connectivity index is 1.61. The average molecular weight is 398 g/mol. The molecule has 5 N–H and O–H groups in total. The minimum Gasteiger partial charge on any atom is -0.351 e. The summed E-state index contributed by atoms with van der Waals surface area (Å²) < 4.78 is 0. The van der Waals surface area contributed by atoms with Gasteiger partial charge in [0.05, 0.1) is 5.52 Å². The van der Waals surface area contributed by atoms with E-state index in [-0.39, 0.29) is 12.1 Å². The molecule has 148 valence electrons. The number of aromatic nitrogens is 4. The molecule has 1 aromatic carbocycles. The third-order valence-electron chi connectivity index (χ3n) is 4.91. The summed E-state index contributed by atoms with van der Waals surface area (Å²) in [4.78, 5) is 9.50. The van der Waals surface area contributed by atoms with Crippen LogP contribution >= 0.6 is 11.8 Å². The van der Waals surface area contributed by atoms with Gasteiger partial charge in [-0.1, -0.05) is 18.6 Å². The topological polar surface area (TPSA) is 105 Å². The lowest BCUT2D eigenvalue weighted by Crippen LogP contribution is -2.32. The van der Waals surface area contributed by atoms with Crippen LogP contribution in [0.5, 0.6) is 0 Å². The molecule has 0 radical (unpaired) electrons. The second-order valence-electron chi connectivity index (χ2n) is 7.38. The van der Waals surface area contributed by atoms with Crippen LogP contribution in [0, 0.1) is 6.92 Å². The third kappa shape index (κ3) is 4.74. The van der Waals surface area contributed by atoms with Gasteiger partial charge >= 0.3 is 0 Å². The van der Waals surface area contributed by atoms with Crippen molar-refractivity contribution in [2.24, 2.45) is 5.73 Å². The van der Waals surface area contributed by atoms with Crippen molar-refractivity contribution in [3.63, 3.8) is 0 Å². The van der Waals surface area contributed by atoms with Crippen LogP contribution < -0.4 is 16.4 Å². The SMILES string of the molecule is Cc1cc(Nc2nc(NC3CSCCCCC(N)C3)nc3ccccc23)n[nH]1. The molecule has 28 heavy (non-hydrogen) atoms. The van der Waals surface area contributed by atoms with E-state index in [0.717, 1.165) is 46.8 Å². The van der Waals surface area contributed by atoms with Crippen LogP contribution in [0.2, 0.25) is 0 Å². The van der Waals surface area contributed by atoms with Gasteiger partial charge in [-0.05, 0) is 44.1 Å². The molecule has 1 aliphatic rings. The van der Waals surface area contributed by atoms with Crippen molar-refractivity contribution in [3.8, 4) is 0 Å². The van der Waals surface area contributed by atoms with Gasteiger partial charge < -0.3 is 16.4 Å². The molecule has 2 unspecified atom stereocenters. The van der Waals surface area contributed by atoms with Gasteiger partial charge in [0.15, 0.2) is 5.82 Å². The lowest BCUT2D eigenvalue weighted by molar-refractivity contribution is 0.520. The van der Waals surface area contributed by atoms with Gasteiger partial charge in [0, 0.05) is 35.0 Å². The standard InChI is InChI=1S/C20H27N7S/c1-13-10-18(27-26-13)24-19-16-7-2-3-8-17(16)23-20(25-19)22-15-11-14(21)6-4-5-9-28-12-15/h2-3,7-8,10,14-15H,4-6,9,11-12,21H2,1H3,(H3,22,23,24,25,26,27). The Bertz CT molecular complexity index is 926. The van der Waals surface area contributed by atoms with E-state index < -0.39 is 0 Å². The first kappa shape index (κ1) is 19.0. The highest BCUT2D eigenvalue weighted by molar-refractivity contribution is 7.99. The summed E-state index contributed by atoms with van der Waals surface area (Å²) >= 11 is 1.98. The number of hydrogen-bond donors (Lipinski definition) is 4. The summed E-state index contributed by atoms with van der Waals surface area (Å²) in [6.45, 7) is 1.97. The fourth-order valence-electron chi connectivity index (χ4n) is 3.51. The molecule has 1 saturated heterocycles. The highest BCUT2D eigenvalue weighted by atomic mass is 32.2. The maximum Gasteiger partial charge on any atom is 0.225 e. The van der Waals surface area contributed by atoms with Crippen LogP contribution in [0.4, 0.5) is 17.6 Å². The summed E-state index contributed by atoms with van der Waals surface area (Å²) in [6, 6.07) is 10.5. The number of rotatable bonds is 4. The van der Waals surface area contributed by atoms with Gasteiger partial charge in [-0.25, -0.2) is 4.98 Å². The van der Waals surface area contributed by atoms with Gasteiger partial charge in [0.2, 0.25) is 5.95 Å². The Morgan fingerprint density at radius 2 is 2.11 bits per heavy atom. The molecule has 7 nitrogen and oxygen atoms in total. The van der Waals surface area contributed by atoms with Crippen LogP contribution in [0.3, 0.4) is 0 Å². The Morgan fingerprint density at radius 1 is 1.21 bits per heavy atom. The fourth-order valence-corrected chi connectivity index (χ4v) is 4.59. The van der Waals surface area contributed by atoms with E-state index in [1.165, 1.54) is 18.6 Å². The molecule has 4 rings (SSSR count). The number of benzene rings is 1. The average Bonchev–Trinajstić information content (AvgIpc) is 3.12. The lowest BCUT2D eigenvalue weighted by atomic mass is 10.0. The van der Waals surface area contributed by atoms with Gasteiger partial charge in [0.25, 0.3) is 0 Å². The highest BCUT2D eigenvalue weighted by Gasteiger charge is 2.18. The first-order valence-corrected chi connectivity index (χ1v) is 11.0. The predicted molar refractivity (Wildman–Crippen MR) is 117 cm³/mol. The monoisotopic (exact) mass is 397 g/mol. The van der Waals surface area contributed by atoms with Gasteiger partial charge in [-0.15, -0.1) is 0 Å². The van der Waals surface area contributed by atoms with Crippen LogP contribution in [-0.4, -0.2) is 43.8 Å². The molecule has 0 saturated carbocycles. The van der Waals surface area contributed by atoms with Crippen molar-refractivity contribution in [3.05, 3.63) is 36.0 Å². The smallest absolute Gasteiger partial charge is 0.225 e. The molecule has 3 aromatic rings. The number of aryl methyl sites for hydroxylation is 1. The summed E-state index contributed by atoms with van der Waals surface area (Å²) in [5.74, 6) is 4.33. The molecule has 0 spiro atoms. The molecule has 8 heteroatoms. The van der Waals surface area contributed by atoms with Crippen LogP contribution in [0.1, 0.15) is 31.4 Å². The van der Waals surface area contributed by atoms with E-state index in [4.69, 9.17) is 15.7 Å². The number of anilines is 3. The zero-order valence-corrected chi connectivity index (χ0v) is 16.9. The van der Waals surface area contributed by atoms with Crippen molar-refractivity contribution in [1.82, 2.24) is 20.2 Å². The molecule has 0 amide bonds. The number of nitrogens with two attached hydrogens (primary N) is 1. The molecule has 0 bridgehead atoms. The summed E-state index contributed by atoms with van der Waals surface area (Å²) in [5.41, 5.74) is 8.22. The quantitative estimate of drug-likeness (QED) is 0.530. The van der Waals surface area contributed by atoms with Gasteiger partial charge in [0.1, 0.15) is 5.82 Å². The van der Waals surface area contributed by atoms with Crippen molar-refractivity contribution >= 4 is 40.2 Å². The largest absolute Gasteiger partial charge is 0.351 e. The number of fused-ring (bicyclic) bond motifs is 1. The number of nitrogens with zero attached hydrogens (tertiary/aromatic N) is 3. The van der Waals surface area contributed by atoms with Crippen molar-refractivity contribution in [2.75, 3.05) is 22.1 Å². The van der Waals surface area contributed by atoms with E-state index in [0.29, 0.717) is 5.95 Å². The number of H-pyrrole nitrogens is 1. The number of para-hydroxylation sites is 1. The van der Waals surface area contributed by atoms with Crippen molar-refractivity contribution in [2.45, 2.75) is 44.7 Å². The highest BCUT2D eigenvalue weighted by Crippen LogP contribution is 2.26. The minimum atomic E-state index is 0.223. The Hall–Kier alpha value is -2.32. The molecule has 3 heterocycles. The van der Waals surface area contributed by atoms with Crippen LogP contribution in [0.25, 0.3) is 10.9 Å². The third-order valence-corrected chi connectivity index (χ3v) is 6.12. The van der Waals surface area contributed by atoms with Gasteiger partial charge in [-0.3, -0.25) is 5.10 Å². The van der Waals surface area contributed by atoms with E-state index in [1.54, 1.807) is 0 Å². The zero-order valence-electron chi connectivity index (χ0n) is 16.1. The molecular formula is C20H27N7S. The van der Waals surface area contributed by atoms with E-state index in [2.05, 4.69) is 20.8 Å². The molecule has 2 aromatic heterocycles. The normalized spacial score (nSPS) is 20.9. The second-order valence-corrected chi connectivity index (χ2v) is 8.53. The second kappa shape index (κ2) is 8.79. The summed E-state index contributed by atoms with van der Waals surface area (Å²) in [7, 11) is 0. The Kier molecular flexibility index (Phi) is 5.97. The molecule has 2 atom stereocenters. The molecule has 0 aliphatic carbocycles. The number of hydrogen-bond acceptors (Lipinski definition) is 7. The lowest BCUT2D eigenvalue weighted by Gasteiger charge is -2.21. The molecular weight excluding hydrogens is 370 g/mol. The van der Waals surface area contributed by atoms with Crippen LogP contribution in [0.15, 0.2) is 30.3 Å².